The van der Waals surface area contributed by atoms with Crippen LogP contribution in [0.15, 0.2) is 0 Å². The van der Waals surface area contributed by atoms with Crippen LogP contribution < -0.4 is 16.0 Å². The van der Waals surface area contributed by atoms with Crippen LogP contribution in [0.5, 0.6) is 0 Å². The summed E-state index contributed by atoms with van der Waals surface area (Å²) in [5, 5.41) is 8.48. The Morgan fingerprint density at radius 3 is 2.94 bits per heavy atom. The highest BCUT2D eigenvalue weighted by molar-refractivity contribution is 5.86. The molecule has 6 nitrogen and oxygen atoms in total. The van der Waals surface area contributed by atoms with E-state index in [0.29, 0.717) is 13.2 Å². The van der Waals surface area contributed by atoms with E-state index in [1.165, 1.54) is 0 Å². The Labute approximate surface area is 101 Å². The zero-order valence-electron chi connectivity index (χ0n) is 10.4. The molecule has 0 bridgehead atoms. The number of carbonyl (C=O) groups is 2. The molecule has 1 aliphatic rings. The second kappa shape index (κ2) is 7.24. The van der Waals surface area contributed by atoms with Crippen LogP contribution in [-0.4, -0.2) is 50.7 Å². The van der Waals surface area contributed by atoms with Gasteiger partial charge in [-0.05, 0) is 6.42 Å². The lowest BCUT2D eigenvalue weighted by molar-refractivity contribution is -0.127. The Kier molecular flexibility index (Phi) is 5.93. The summed E-state index contributed by atoms with van der Waals surface area (Å²) >= 11 is 0. The van der Waals surface area contributed by atoms with Crippen LogP contribution in [0, 0.1) is 0 Å². The first-order valence-corrected chi connectivity index (χ1v) is 5.96. The minimum absolute atomic E-state index is 0.0388. The fourth-order valence-electron chi connectivity index (χ4n) is 1.80. The smallest absolute Gasteiger partial charge is 0.239 e. The van der Waals surface area contributed by atoms with Crippen molar-refractivity contribution in [2.75, 3.05) is 26.8 Å². The molecule has 2 atom stereocenters. The molecule has 0 saturated carbocycles. The van der Waals surface area contributed by atoms with Gasteiger partial charge >= 0.3 is 0 Å². The maximum atomic E-state index is 11.9. The minimum Gasteiger partial charge on any atom is -0.383 e. The summed E-state index contributed by atoms with van der Waals surface area (Å²) in [5.74, 6) is -0.156. The van der Waals surface area contributed by atoms with Gasteiger partial charge in [-0.15, -0.1) is 0 Å². The molecular formula is C11H21N3O3. The molecule has 1 fully saturated rings. The molecule has 0 aliphatic carbocycles. The van der Waals surface area contributed by atoms with Crippen LogP contribution in [0.25, 0.3) is 0 Å². The van der Waals surface area contributed by atoms with Gasteiger partial charge in [-0.3, -0.25) is 14.9 Å². The number of carbonyl (C=O) groups excluding carboxylic acids is 2. The van der Waals surface area contributed by atoms with Crippen LogP contribution in [-0.2, 0) is 14.3 Å². The molecule has 0 aromatic heterocycles. The summed E-state index contributed by atoms with van der Waals surface area (Å²) in [6.07, 6.45) is 1.88. The molecule has 1 aliphatic heterocycles. The second-order valence-electron chi connectivity index (χ2n) is 4.19. The van der Waals surface area contributed by atoms with Crippen molar-refractivity contribution in [2.45, 2.75) is 31.8 Å². The molecule has 2 amide bonds. The summed E-state index contributed by atoms with van der Waals surface area (Å²) in [6.45, 7) is 3.11. The summed E-state index contributed by atoms with van der Waals surface area (Å²) in [6, 6.07) is -0.305. The maximum Gasteiger partial charge on any atom is 0.239 e. The van der Waals surface area contributed by atoms with E-state index in [0.717, 1.165) is 12.8 Å². The van der Waals surface area contributed by atoms with Crippen LogP contribution in [0.1, 0.15) is 19.8 Å². The molecule has 0 spiro atoms. The topological polar surface area (TPSA) is 79.5 Å². The number of hydrogen-bond acceptors (Lipinski definition) is 4. The number of piperazine rings is 1. The third kappa shape index (κ3) is 4.70. The van der Waals surface area contributed by atoms with Gasteiger partial charge in [-0.25, -0.2) is 0 Å². The molecule has 17 heavy (non-hydrogen) atoms. The van der Waals surface area contributed by atoms with Crippen LogP contribution in [0.2, 0.25) is 0 Å². The average Bonchev–Trinajstić information content (AvgIpc) is 2.30. The molecule has 1 heterocycles. The number of amides is 2. The van der Waals surface area contributed by atoms with Gasteiger partial charge in [-0.1, -0.05) is 13.3 Å². The fourth-order valence-corrected chi connectivity index (χ4v) is 1.80. The number of rotatable bonds is 6. The van der Waals surface area contributed by atoms with Gasteiger partial charge in [0.05, 0.1) is 19.2 Å². The molecule has 0 aromatic rings. The molecule has 3 N–H and O–H groups in total. The first-order chi connectivity index (χ1) is 8.17. The number of hydrogen-bond donors (Lipinski definition) is 3. The maximum absolute atomic E-state index is 11.9. The lowest BCUT2D eigenvalue weighted by atomic mass is 10.1. The highest BCUT2D eigenvalue weighted by atomic mass is 16.5. The first kappa shape index (κ1) is 13.9. The van der Waals surface area contributed by atoms with Crippen molar-refractivity contribution >= 4 is 11.8 Å². The highest BCUT2D eigenvalue weighted by Gasteiger charge is 2.25. The van der Waals surface area contributed by atoms with E-state index in [9.17, 15) is 9.59 Å². The van der Waals surface area contributed by atoms with Gasteiger partial charge < -0.3 is 15.4 Å². The van der Waals surface area contributed by atoms with E-state index >= 15 is 0 Å². The van der Waals surface area contributed by atoms with Gasteiger partial charge in [0.2, 0.25) is 11.8 Å². The van der Waals surface area contributed by atoms with Crippen LogP contribution >= 0.6 is 0 Å². The van der Waals surface area contributed by atoms with Gasteiger partial charge in [0.15, 0.2) is 0 Å². The lowest BCUT2D eigenvalue weighted by Crippen LogP contribution is -2.59. The molecule has 6 heteroatoms. The molecule has 98 valence electrons. The lowest BCUT2D eigenvalue weighted by Gasteiger charge is -2.25. The highest BCUT2D eigenvalue weighted by Crippen LogP contribution is 1.98. The molecule has 1 saturated heterocycles. The van der Waals surface area contributed by atoms with Crippen molar-refractivity contribution in [3.8, 4) is 0 Å². The van der Waals surface area contributed by atoms with E-state index in [1.54, 1.807) is 7.11 Å². The van der Waals surface area contributed by atoms with Crippen molar-refractivity contribution in [3.05, 3.63) is 0 Å². The van der Waals surface area contributed by atoms with E-state index in [4.69, 9.17) is 4.74 Å². The third-order valence-corrected chi connectivity index (χ3v) is 2.68. The quantitative estimate of drug-likeness (QED) is 0.559. The Hall–Kier alpha value is -1.14. The van der Waals surface area contributed by atoms with Crippen molar-refractivity contribution in [3.63, 3.8) is 0 Å². The summed E-state index contributed by atoms with van der Waals surface area (Å²) in [5.41, 5.74) is 0. The molecule has 2 unspecified atom stereocenters. The zero-order valence-corrected chi connectivity index (χ0v) is 10.4. The third-order valence-electron chi connectivity index (χ3n) is 2.68. The predicted molar refractivity (Wildman–Crippen MR) is 63.5 cm³/mol. The van der Waals surface area contributed by atoms with Crippen molar-refractivity contribution in [2.24, 2.45) is 0 Å². The zero-order chi connectivity index (χ0) is 12.7. The number of ether oxygens (including phenoxy) is 1. The summed E-state index contributed by atoms with van der Waals surface area (Å²) in [7, 11) is 1.62. The molecule has 1 rings (SSSR count). The SMILES string of the molecule is CCCC(COC)NC(=O)C1CNC(=O)CN1. The Morgan fingerprint density at radius 1 is 1.65 bits per heavy atom. The van der Waals surface area contributed by atoms with Crippen molar-refractivity contribution in [1.82, 2.24) is 16.0 Å². The number of methoxy groups -OCH3 is 1. The van der Waals surface area contributed by atoms with Gasteiger partial charge in [0.25, 0.3) is 0 Å². The van der Waals surface area contributed by atoms with Crippen LogP contribution in [0.4, 0.5) is 0 Å². The number of nitrogens with one attached hydrogen (secondary N) is 3. The van der Waals surface area contributed by atoms with Gasteiger partial charge in [0, 0.05) is 13.7 Å². The van der Waals surface area contributed by atoms with Gasteiger partial charge in [-0.2, -0.15) is 0 Å². The molecule has 0 radical (unpaired) electrons. The van der Waals surface area contributed by atoms with Crippen molar-refractivity contribution < 1.29 is 14.3 Å². The summed E-state index contributed by atoms with van der Waals surface area (Å²) in [4.78, 5) is 22.8. The Bertz CT molecular complexity index is 255. The Balaban J connectivity index is 2.37. The van der Waals surface area contributed by atoms with Crippen LogP contribution in [0.3, 0.4) is 0 Å². The molecular weight excluding hydrogens is 222 g/mol. The monoisotopic (exact) mass is 243 g/mol. The van der Waals surface area contributed by atoms with E-state index in [2.05, 4.69) is 22.9 Å². The predicted octanol–water partition coefficient (Wildman–Crippen LogP) is -0.994. The van der Waals surface area contributed by atoms with E-state index < -0.39 is 0 Å². The average molecular weight is 243 g/mol. The largest absolute Gasteiger partial charge is 0.383 e. The van der Waals surface area contributed by atoms with E-state index in [-0.39, 0.29) is 30.4 Å². The normalized spacial score (nSPS) is 21.8. The standard InChI is InChI=1S/C11H21N3O3/c1-3-4-8(7-17-2)14-11(16)9-5-13-10(15)6-12-9/h8-9,12H,3-7H2,1-2H3,(H,13,15)(H,14,16). The molecule has 0 aromatic carbocycles. The summed E-state index contributed by atoms with van der Waals surface area (Å²) < 4.78 is 5.06. The van der Waals surface area contributed by atoms with E-state index in [1.807, 2.05) is 0 Å². The van der Waals surface area contributed by atoms with Gasteiger partial charge in [0.1, 0.15) is 6.04 Å². The Morgan fingerprint density at radius 2 is 2.41 bits per heavy atom. The minimum atomic E-state index is -0.344. The fraction of sp³-hybridized carbons (Fsp3) is 0.818. The first-order valence-electron chi connectivity index (χ1n) is 5.96. The van der Waals surface area contributed by atoms with Crippen molar-refractivity contribution in [1.29, 1.82) is 0 Å². The second-order valence-corrected chi connectivity index (χ2v) is 4.19.